The molecule has 2 heterocycles. The van der Waals surface area contributed by atoms with Gasteiger partial charge in [0.1, 0.15) is 5.75 Å². The Morgan fingerprint density at radius 3 is 2.95 bits per heavy atom. The third-order valence-corrected chi connectivity index (χ3v) is 5.46. The SMILES string of the molecule is OC1CCC2CN(CC3CCOc4ccccc43)CC12. The Bertz CT molecular complexity index is 490. The van der Waals surface area contributed by atoms with E-state index < -0.39 is 0 Å². The molecule has 3 heteroatoms. The van der Waals surface area contributed by atoms with Gasteiger partial charge in [-0.2, -0.15) is 0 Å². The maximum absolute atomic E-state index is 10.0. The first kappa shape index (κ1) is 12.7. The highest BCUT2D eigenvalue weighted by atomic mass is 16.5. The minimum atomic E-state index is -0.0491. The van der Waals surface area contributed by atoms with E-state index in [0.29, 0.717) is 11.8 Å². The van der Waals surface area contributed by atoms with Crippen molar-refractivity contribution in [3.8, 4) is 5.75 Å². The quantitative estimate of drug-likeness (QED) is 0.897. The average Bonchev–Trinajstić information content (AvgIpc) is 3.02. The van der Waals surface area contributed by atoms with Crippen LogP contribution in [0, 0.1) is 11.8 Å². The second kappa shape index (κ2) is 5.05. The fourth-order valence-electron chi connectivity index (χ4n) is 4.40. The van der Waals surface area contributed by atoms with Crippen LogP contribution in [0.5, 0.6) is 5.75 Å². The average molecular weight is 273 g/mol. The molecule has 2 fully saturated rings. The summed E-state index contributed by atoms with van der Waals surface area (Å²) in [6.07, 6.45) is 3.30. The van der Waals surface area contributed by atoms with Gasteiger partial charge in [-0.3, -0.25) is 0 Å². The van der Waals surface area contributed by atoms with Gasteiger partial charge in [0.2, 0.25) is 0 Å². The van der Waals surface area contributed by atoms with Crippen LogP contribution in [0.2, 0.25) is 0 Å². The van der Waals surface area contributed by atoms with E-state index in [4.69, 9.17) is 4.74 Å². The molecule has 1 N–H and O–H groups in total. The second-order valence-corrected chi connectivity index (χ2v) is 6.66. The van der Waals surface area contributed by atoms with Gasteiger partial charge in [0, 0.05) is 31.5 Å². The maximum atomic E-state index is 10.0. The predicted octanol–water partition coefficient (Wildman–Crippen LogP) is 2.26. The summed E-state index contributed by atoms with van der Waals surface area (Å²) in [7, 11) is 0. The van der Waals surface area contributed by atoms with Crippen LogP contribution in [0.15, 0.2) is 24.3 Å². The third kappa shape index (κ3) is 2.13. The third-order valence-electron chi connectivity index (χ3n) is 5.46. The van der Waals surface area contributed by atoms with Crippen LogP contribution in [0.3, 0.4) is 0 Å². The first-order valence-corrected chi connectivity index (χ1v) is 7.93. The van der Waals surface area contributed by atoms with Gasteiger partial charge >= 0.3 is 0 Å². The largest absolute Gasteiger partial charge is 0.493 e. The zero-order valence-electron chi connectivity index (χ0n) is 11.9. The predicted molar refractivity (Wildman–Crippen MR) is 78.0 cm³/mol. The number of nitrogens with zero attached hydrogens (tertiary/aromatic N) is 1. The van der Waals surface area contributed by atoms with Crippen molar-refractivity contribution < 1.29 is 9.84 Å². The van der Waals surface area contributed by atoms with Crippen LogP contribution >= 0.6 is 0 Å². The summed E-state index contributed by atoms with van der Waals surface area (Å²) in [6, 6.07) is 8.47. The van der Waals surface area contributed by atoms with Gasteiger partial charge in [0.05, 0.1) is 12.7 Å². The van der Waals surface area contributed by atoms with Crippen molar-refractivity contribution in [3.63, 3.8) is 0 Å². The van der Waals surface area contributed by atoms with Crippen LogP contribution in [0.4, 0.5) is 0 Å². The Kier molecular flexibility index (Phi) is 3.20. The monoisotopic (exact) mass is 273 g/mol. The molecular formula is C17H23NO2. The Balaban J connectivity index is 1.46. The van der Waals surface area contributed by atoms with E-state index in [2.05, 4.69) is 29.2 Å². The van der Waals surface area contributed by atoms with E-state index in [1.807, 2.05) is 0 Å². The molecule has 1 aromatic carbocycles. The number of likely N-dealkylation sites (tertiary alicyclic amines) is 1. The Labute approximate surface area is 120 Å². The molecule has 0 spiro atoms. The zero-order chi connectivity index (χ0) is 13.5. The van der Waals surface area contributed by atoms with Crippen LogP contribution in [0.25, 0.3) is 0 Å². The number of fused-ring (bicyclic) bond motifs is 2. The van der Waals surface area contributed by atoms with Crippen LogP contribution in [0.1, 0.15) is 30.7 Å². The number of rotatable bonds is 2. The Morgan fingerprint density at radius 1 is 1.15 bits per heavy atom. The summed E-state index contributed by atoms with van der Waals surface area (Å²) >= 11 is 0. The van der Waals surface area contributed by atoms with E-state index in [1.165, 1.54) is 18.5 Å². The topological polar surface area (TPSA) is 32.7 Å². The zero-order valence-corrected chi connectivity index (χ0v) is 11.9. The minimum absolute atomic E-state index is 0.0491. The van der Waals surface area contributed by atoms with Gasteiger partial charge in [-0.05, 0) is 36.8 Å². The molecule has 3 nitrogen and oxygen atoms in total. The standard InChI is InChI=1S/C17H23NO2/c19-16-6-5-12-9-18(11-15(12)16)10-13-7-8-20-17-4-2-1-3-14(13)17/h1-4,12-13,15-16,19H,5-11H2. The highest BCUT2D eigenvalue weighted by Gasteiger charge is 2.42. The first-order chi connectivity index (χ1) is 9.81. The molecule has 2 aliphatic heterocycles. The second-order valence-electron chi connectivity index (χ2n) is 6.66. The van der Waals surface area contributed by atoms with Crippen molar-refractivity contribution >= 4 is 0 Å². The molecule has 1 saturated heterocycles. The van der Waals surface area contributed by atoms with Gasteiger partial charge in [0.25, 0.3) is 0 Å². The molecule has 108 valence electrons. The van der Waals surface area contributed by atoms with E-state index in [0.717, 1.165) is 44.2 Å². The maximum Gasteiger partial charge on any atom is 0.122 e. The van der Waals surface area contributed by atoms with Crippen molar-refractivity contribution in [2.75, 3.05) is 26.2 Å². The summed E-state index contributed by atoms with van der Waals surface area (Å²) in [4.78, 5) is 2.57. The number of benzene rings is 1. The van der Waals surface area contributed by atoms with E-state index >= 15 is 0 Å². The number of para-hydroxylation sites is 1. The summed E-state index contributed by atoms with van der Waals surface area (Å²) < 4.78 is 5.75. The number of hydrogen-bond donors (Lipinski definition) is 1. The number of ether oxygens (including phenoxy) is 1. The molecule has 1 saturated carbocycles. The Hall–Kier alpha value is -1.06. The number of hydrogen-bond acceptors (Lipinski definition) is 3. The van der Waals surface area contributed by atoms with Crippen LogP contribution in [-0.2, 0) is 0 Å². The van der Waals surface area contributed by atoms with E-state index in [9.17, 15) is 5.11 Å². The molecule has 4 unspecified atom stereocenters. The summed E-state index contributed by atoms with van der Waals surface area (Å²) in [5, 5.41) is 10.0. The van der Waals surface area contributed by atoms with Crippen molar-refractivity contribution in [2.24, 2.45) is 11.8 Å². The number of aliphatic hydroxyl groups excluding tert-OH is 1. The van der Waals surface area contributed by atoms with E-state index in [-0.39, 0.29) is 6.10 Å². The van der Waals surface area contributed by atoms with Crippen molar-refractivity contribution in [1.29, 1.82) is 0 Å². The lowest BCUT2D eigenvalue weighted by molar-refractivity contribution is 0.122. The minimum Gasteiger partial charge on any atom is -0.493 e. The molecule has 3 aliphatic rings. The molecule has 0 amide bonds. The molecular weight excluding hydrogens is 250 g/mol. The molecule has 0 aromatic heterocycles. The summed E-state index contributed by atoms with van der Waals surface area (Å²) in [5.74, 6) is 2.93. The number of aliphatic hydroxyl groups is 1. The molecule has 0 radical (unpaired) electrons. The lowest BCUT2D eigenvalue weighted by atomic mass is 9.92. The van der Waals surface area contributed by atoms with Crippen molar-refractivity contribution in [2.45, 2.75) is 31.3 Å². The highest BCUT2D eigenvalue weighted by molar-refractivity contribution is 5.38. The van der Waals surface area contributed by atoms with Gasteiger partial charge < -0.3 is 14.7 Å². The molecule has 0 bridgehead atoms. The fourth-order valence-corrected chi connectivity index (χ4v) is 4.40. The van der Waals surface area contributed by atoms with Gasteiger partial charge in [0.15, 0.2) is 0 Å². The fraction of sp³-hybridized carbons (Fsp3) is 0.647. The lowest BCUT2D eigenvalue weighted by Crippen LogP contribution is -2.31. The molecule has 1 aliphatic carbocycles. The van der Waals surface area contributed by atoms with Crippen molar-refractivity contribution in [1.82, 2.24) is 4.90 Å². The van der Waals surface area contributed by atoms with Gasteiger partial charge in [-0.25, -0.2) is 0 Å². The first-order valence-electron chi connectivity index (χ1n) is 7.93. The van der Waals surface area contributed by atoms with Gasteiger partial charge in [-0.1, -0.05) is 18.2 Å². The van der Waals surface area contributed by atoms with Gasteiger partial charge in [-0.15, -0.1) is 0 Å². The highest BCUT2D eigenvalue weighted by Crippen LogP contribution is 2.40. The lowest BCUT2D eigenvalue weighted by Gasteiger charge is -2.29. The Morgan fingerprint density at radius 2 is 2.05 bits per heavy atom. The van der Waals surface area contributed by atoms with Crippen LogP contribution in [-0.4, -0.2) is 42.4 Å². The molecule has 4 atom stereocenters. The normalized spacial score (nSPS) is 36.5. The molecule has 4 rings (SSSR count). The molecule has 1 aromatic rings. The summed E-state index contributed by atoms with van der Waals surface area (Å²) in [5.41, 5.74) is 1.37. The van der Waals surface area contributed by atoms with E-state index in [1.54, 1.807) is 0 Å². The molecule has 20 heavy (non-hydrogen) atoms. The van der Waals surface area contributed by atoms with Crippen molar-refractivity contribution in [3.05, 3.63) is 29.8 Å². The summed E-state index contributed by atoms with van der Waals surface area (Å²) in [6.45, 7) is 4.23. The smallest absolute Gasteiger partial charge is 0.122 e. The van der Waals surface area contributed by atoms with Crippen LogP contribution < -0.4 is 4.74 Å².